The molecule has 3 rings (SSSR count). The van der Waals surface area contributed by atoms with Crippen molar-refractivity contribution in [3.8, 4) is 5.75 Å². The number of hydrogen-bond acceptors (Lipinski definition) is 5. The van der Waals surface area contributed by atoms with E-state index in [0.29, 0.717) is 30.9 Å². The Morgan fingerprint density at radius 3 is 3.14 bits per heavy atom. The molecule has 1 atom stereocenters. The number of rotatable bonds is 5. The normalized spacial score (nSPS) is 17.5. The van der Waals surface area contributed by atoms with Crippen molar-refractivity contribution in [1.82, 2.24) is 14.9 Å². The molecule has 3 heterocycles. The van der Waals surface area contributed by atoms with Crippen LogP contribution in [0.2, 0.25) is 0 Å². The number of fused-ring (bicyclic) bond motifs is 1. The Bertz CT molecular complexity index is 696. The Morgan fingerprint density at radius 1 is 1.57 bits per heavy atom. The quantitative estimate of drug-likeness (QED) is 0.849. The van der Waals surface area contributed by atoms with Crippen LogP contribution in [0.3, 0.4) is 0 Å². The number of carboxylic acid groups (broad SMARTS) is 1. The number of carbonyl (C=O) groups is 2. The first-order valence-electron chi connectivity index (χ1n) is 6.40. The molecule has 110 valence electrons. The lowest BCUT2D eigenvalue weighted by Gasteiger charge is -2.09. The largest absolute Gasteiger partial charge is 0.492 e. The second kappa shape index (κ2) is 5.31. The van der Waals surface area contributed by atoms with Gasteiger partial charge < -0.3 is 19.9 Å². The van der Waals surface area contributed by atoms with Gasteiger partial charge in [0.15, 0.2) is 0 Å². The van der Waals surface area contributed by atoms with Crippen LogP contribution in [0.4, 0.5) is 4.79 Å². The Balaban J connectivity index is 1.62. The summed E-state index contributed by atoms with van der Waals surface area (Å²) in [6.07, 6.45) is 3.14. The zero-order chi connectivity index (χ0) is 14.8. The molecule has 1 saturated heterocycles. The average Bonchev–Trinajstić information content (AvgIpc) is 3.04. The van der Waals surface area contributed by atoms with Crippen LogP contribution in [0.5, 0.6) is 5.75 Å². The van der Waals surface area contributed by atoms with Gasteiger partial charge in [-0.05, 0) is 12.1 Å². The van der Waals surface area contributed by atoms with Crippen molar-refractivity contribution < 1.29 is 24.2 Å². The predicted octanol–water partition coefficient (Wildman–Crippen LogP) is 0.910. The van der Waals surface area contributed by atoms with Crippen LogP contribution in [-0.4, -0.2) is 46.0 Å². The third kappa shape index (κ3) is 2.73. The highest BCUT2D eigenvalue weighted by Gasteiger charge is 2.21. The van der Waals surface area contributed by atoms with Gasteiger partial charge in [0.05, 0.1) is 30.6 Å². The van der Waals surface area contributed by atoms with E-state index in [1.807, 2.05) is 0 Å². The fourth-order valence-electron chi connectivity index (χ4n) is 2.12. The number of aromatic carboxylic acids is 1. The third-order valence-electron chi connectivity index (χ3n) is 3.19. The topological polar surface area (TPSA) is 102 Å². The monoisotopic (exact) mass is 291 g/mol. The first-order chi connectivity index (χ1) is 10.1. The summed E-state index contributed by atoms with van der Waals surface area (Å²) < 4.78 is 11.8. The van der Waals surface area contributed by atoms with Gasteiger partial charge in [-0.3, -0.25) is 0 Å². The molecule has 0 aromatic carbocycles. The molecule has 2 aromatic rings. The van der Waals surface area contributed by atoms with Crippen LogP contribution in [-0.2, 0) is 4.74 Å². The first kappa shape index (κ1) is 13.2. The zero-order valence-corrected chi connectivity index (χ0v) is 11.0. The molecule has 2 aromatic heterocycles. The second-order valence-electron chi connectivity index (χ2n) is 4.63. The maximum absolute atomic E-state index is 11.0. The molecule has 0 bridgehead atoms. The molecule has 2 N–H and O–H groups in total. The summed E-state index contributed by atoms with van der Waals surface area (Å²) in [5.74, 6) is -0.441. The van der Waals surface area contributed by atoms with Crippen molar-refractivity contribution in [3.63, 3.8) is 0 Å². The van der Waals surface area contributed by atoms with Crippen LogP contribution < -0.4 is 10.1 Å². The van der Waals surface area contributed by atoms with Crippen LogP contribution in [0.15, 0.2) is 24.5 Å². The Morgan fingerprint density at radius 2 is 2.43 bits per heavy atom. The SMILES string of the molecule is O=C1N[C@@H](CCOc2ccc3c(C(=O)O)cnn3c2)CO1. The number of nitrogens with zero attached hydrogens (tertiary/aromatic N) is 2. The predicted molar refractivity (Wildman–Crippen MR) is 70.5 cm³/mol. The minimum absolute atomic E-state index is 0.0375. The van der Waals surface area contributed by atoms with Crippen LogP contribution in [0.25, 0.3) is 5.52 Å². The van der Waals surface area contributed by atoms with E-state index < -0.39 is 12.1 Å². The van der Waals surface area contributed by atoms with E-state index in [9.17, 15) is 9.59 Å². The summed E-state index contributed by atoms with van der Waals surface area (Å²) in [4.78, 5) is 21.8. The zero-order valence-electron chi connectivity index (χ0n) is 11.0. The van der Waals surface area contributed by atoms with Crippen molar-refractivity contribution in [2.75, 3.05) is 13.2 Å². The number of amides is 1. The smallest absolute Gasteiger partial charge is 0.407 e. The second-order valence-corrected chi connectivity index (χ2v) is 4.63. The van der Waals surface area contributed by atoms with Gasteiger partial charge in [0.2, 0.25) is 0 Å². The molecule has 8 nitrogen and oxygen atoms in total. The summed E-state index contributed by atoms with van der Waals surface area (Å²) in [6, 6.07) is 3.30. The number of aromatic nitrogens is 2. The number of hydrogen-bond donors (Lipinski definition) is 2. The van der Waals surface area contributed by atoms with Crippen molar-refractivity contribution in [2.45, 2.75) is 12.5 Å². The molecule has 1 fully saturated rings. The number of carbonyl (C=O) groups excluding carboxylic acids is 1. The van der Waals surface area contributed by atoms with Crippen LogP contribution >= 0.6 is 0 Å². The molecule has 8 heteroatoms. The van der Waals surface area contributed by atoms with E-state index in [0.717, 1.165) is 0 Å². The van der Waals surface area contributed by atoms with E-state index in [2.05, 4.69) is 10.4 Å². The molecule has 0 spiro atoms. The molecule has 0 unspecified atom stereocenters. The summed E-state index contributed by atoms with van der Waals surface area (Å²) in [5, 5.41) is 15.6. The maximum atomic E-state index is 11.0. The lowest BCUT2D eigenvalue weighted by atomic mass is 10.2. The van der Waals surface area contributed by atoms with Gasteiger partial charge in [0.25, 0.3) is 0 Å². The van der Waals surface area contributed by atoms with Gasteiger partial charge in [0, 0.05) is 6.42 Å². The van der Waals surface area contributed by atoms with E-state index in [1.54, 1.807) is 18.3 Å². The number of pyridine rings is 1. The molecule has 1 aliphatic rings. The Kier molecular flexibility index (Phi) is 3.35. The summed E-state index contributed by atoms with van der Waals surface area (Å²) in [7, 11) is 0. The third-order valence-corrected chi connectivity index (χ3v) is 3.19. The minimum atomic E-state index is -1.02. The molecular weight excluding hydrogens is 278 g/mol. The van der Waals surface area contributed by atoms with Gasteiger partial charge >= 0.3 is 12.1 Å². The summed E-state index contributed by atoms with van der Waals surface area (Å²) in [6.45, 7) is 0.759. The van der Waals surface area contributed by atoms with Crippen LogP contribution in [0, 0.1) is 0 Å². The maximum Gasteiger partial charge on any atom is 0.407 e. The minimum Gasteiger partial charge on any atom is -0.492 e. The fourth-order valence-corrected chi connectivity index (χ4v) is 2.12. The molecule has 1 amide bonds. The number of carboxylic acids is 1. The van der Waals surface area contributed by atoms with Crippen molar-refractivity contribution in [1.29, 1.82) is 0 Å². The number of cyclic esters (lactones) is 1. The van der Waals surface area contributed by atoms with E-state index >= 15 is 0 Å². The van der Waals surface area contributed by atoms with Crippen molar-refractivity contribution in [2.24, 2.45) is 0 Å². The molecule has 0 radical (unpaired) electrons. The average molecular weight is 291 g/mol. The highest BCUT2D eigenvalue weighted by molar-refractivity contribution is 5.95. The molecule has 0 saturated carbocycles. The van der Waals surface area contributed by atoms with Gasteiger partial charge in [-0.15, -0.1) is 0 Å². The van der Waals surface area contributed by atoms with E-state index in [-0.39, 0.29) is 11.6 Å². The van der Waals surface area contributed by atoms with Gasteiger partial charge in [-0.2, -0.15) is 5.10 Å². The van der Waals surface area contributed by atoms with E-state index in [1.165, 1.54) is 10.7 Å². The molecule has 1 aliphatic heterocycles. The molecule has 0 aliphatic carbocycles. The molecule has 21 heavy (non-hydrogen) atoms. The highest BCUT2D eigenvalue weighted by atomic mass is 16.6. The van der Waals surface area contributed by atoms with Crippen LogP contribution in [0.1, 0.15) is 16.8 Å². The summed E-state index contributed by atoms with van der Waals surface area (Å²) >= 11 is 0. The van der Waals surface area contributed by atoms with Gasteiger partial charge in [-0.25, -0.2) is 14.1 Å². The molecular formula is C13H13N3O5. The first-order valence-corrected chi connectivity index (χ1v) is 6.40. The highest BCUT2D eigenvalue weighted by Crippen LogP contribution is 2.17. The van der Waals surface area contributed by atoms with E-state index in [4.69, 9.17) is 14.6 Å². The number of ether oxygens (including phenoxy) is 2. The van der Waals surface area contributed by atoms with Gasteiger partial charge in [0.1, 0.15) is 17.9 Å². The van der Waals surface area contributed by atoms with Crippen molar-refractivity contribution >= 4 is 17.6 Å². The Labute approximate surface area is 119 Å². The number of alkyl carbamates (subject to hydrolysis) is 1. The van der Waals surface area contributed by atoms with Gasteiger partial charge in [-0.1, -0.05) is 0 Å². The Hall–Kier alpha value is -2.77. The van der Waals surface area contributed by atoms with Crippen molar-refractivity contribution in [3.05, 3.63) is 30.1 Å². The fraction of sp³-hybridized carbons (Fsp3) is 0.308. The number of nitrogens with one attached hydrogen (secondary N) is 1. The summed E-state index contributed by atoms with van der Waals surface area (Å²) in [5.41, 5.74) is 0.652. The lowest BCUT2D eigenvalue weighted by Crippen LogP contribution is -2.27. The standard InChI is InChI=1S/C13H13N3O5/c17-12(18)10-5-14-16-6-9(1-2-11(10)16)20-4-3-8-7-21-13(19)15-8/h1-2,5-6,8H,3-4,7H2,(H,15,19)(H,17,18)/t8-/m0/s1. The lowest BCUT2D eigenvalue weighted by molar-refractivity contribution is 0.0699.